The van der Waals surface area contributed by atoms with E-state index in [2.05, 4.69) is 6.92 Å². The van der Waals surface area contributed by atoms with Crippen molar-refractivity contribution >= 4 is 11.8 Å². The minimum atomic E-state index is -0.474. The number of hydrogen-bond donors (Lipinski definition) is 1. The first-order chi connectivity index (χ1) is 10.7. The predicted octanol–water partition coefficient (Wildman–Crippen LogP) is 1.86. The van der Waals surface area contributed by atoms with Crippen LogP contribution < -0.4 is 5.73 Å². The van der Waals surface area contributed by atoms with Crippen LogP contribution in [0.2, 0.25) is 0 Å². The molecule has 132 valence electrons. The Kier molecular flexibility index (Phi) is 5.71. The molecule has 0 bridgehead atoms. The molecule has 0 aromatic heterocycles. The molecule has 2 N–H and O–H groups in total. The van der Waals surface area contributed by atoms with Gasteiger partial charge in [-0.2, -0.15) is 0 Å². The Bertz CT molecular complexity index is 436. The third-order valence-electron chi connectivity index (χ3n) is 5.32. The topological polar surface area (TPSA) is 66.6 Å². The second kappa shape index (κ2) is 7.20. The van der Waals surface area contributed by atoms with Crippen LogP contribution in [0.15, 0.2) is 0 Å². The number of amides is 2. The smallest absolute Gasteiger partial charge is 0.240 e. The third-order valence-corrected chi connectivity index (χ3v) is 5.32. The molecule has 5 heteroatoms. The van der Waals surface area contributed by atoms with Crippen molar-refractivity contribution in [3.05, 3.63) is 0 Å². The lowest BCUT2D eigenvalue weighted by atomic mass is 9.85. The molecule has 0 spiro atoms. The first kappa shape index (κ1) is 18.2. The summed E-state index contributed by atoms with van der Waals surface area (Å²) in [4.78, 5) is 29.0. The molecule has 0 aromatic carbocycles. The van der Waals surface area contributed by atoms with Gasteiger partial charge in [0.05, 0.1) is 6.04 Å². The summed E-state index contributed by atoms with van der Waals surface area (Å²) in [7, 11) is 0. The Balaban J connectivity index is 1.86. The highest BCUT2D eigenvalue weighted by molar-refractivity contribution is 5.83. The number of rotatable bonds is 2. The summed E-state index contributed by atoms with van der Waals surface area (Å²) in [5.41, 5.74) is 5.86. The van der Waals surface area contributed by atoms with Gasteiger partial charge in [-0.15, -0.1) is 0 Å². The van der Waals surface area contributed by atoms with Crippen LogP contribution in [0.25, 0.3) is 0 Å². The van der Waals surface area contributed by atoms with Crippen LogP contribution in [0.5, 0.6) is 0 Å². The Labute approximate surface area is 140 Å². The summed E-state index contributed by atoms with van der Waals surface area (Å²) >= 11 is 0. The van der Waals surface area contributed by atoms with Gasteiger partial charge in [-0.1, -0.05) is 27.7 Å². The van der Waals surface area contributed by atoms with Crippen molar-refractivity contribution < 1.29 is 9.59 Å². The lowest BCUT2D eigenvalue weighted by Gasteiger charge is -2.39. The zero-order chi connectivity index (χ0) is 17.2. The molecule has 2 heterocycles. The monoisotopic (exact) mass is 323 g/mol. The van der Waals surface area contributed by atoms with E-state index in [1.54, 1.807) is 0 Å². The zero-order valence-electron chi connectivity index (χ0n) is 15.2. The molecule has 2 aliphatic heterocycles. The number of nitrogens with two attached hydrogens (primary N) is 1. The van der Waals surface area contributed by atoms with E-state index in [9.17, 15) is 9.59 Å². The fourth-order valence-electron chi connectivity index (χ4n) is 3.56. The molecular weight excluding hydrogens is 290 g/mol. The molecule has 2 saturated heterocycles. The summed E-state index contributed by atoms with van der Waals surface area (Å²) in [5, 5.41) is 0. The second-order valence-electron chi connectivity index (χ2n) is 8.47. The van der Waals surface area contributed by atoms with E-state index >= 15 is 0 Å². The summed E-state index contributed by atoms with van der Waals surface area (Å²) in [6.45, 7) is 11.3. The Morgan fingerprint density at radius 1 is 1.04 bits per heavy atom. The van der Waals surface area contributed by atoms with Crippen LogP contribution in [0.4, 0.5) is 0 Å². The van der Waals surface area contributed by atoms with Gasteiger partial charge in [0, 0.05) is 32.1 Å². The number of carbonyl (C=O) groups is 2. The van der Waals surface area contributed by atoms with Crippen LogP contribution in [-0.4, -0.2) is 53.8 Å². The van der Waals surface area contributed by atoms with Gasteiger partial charge >= 0.3 is 0 Å². The zero-order valence-corrected chi connectivity index (χ0v) is 15.2. The van der Waals surface area contributed by atoms with Crippen molar-refractivity contribution in [3.63, 3.8) is 0 Å². The molecule has 5 nitrogen and oxygen atoms in total. The first-order valence-corrected chi connectivity index (χ1v) is 9.03. The summed E-state index contributed by atoms with van der Waals surface area (Å²) < 4.78 is 0. The van der Waals surface area contributed by atoms with Gasteiger partial charge in [-0.25, -0.2) is 0 Å². The summed E-state index contributed by atoms with van der Waals surface area (Å²) in [6, 6.07) is -0.474. The van der Waals surface area contributed by atoms with Gasteiger partial charge in [-0.3, -0.25) is 9.59 Å². The molecule has 1 unspecified atom stereocenters. The highest BCUT2D eigenvalue weighted by Crippen LogP contribution is 2.25. The molecule has 0 aliphatic carbocycles. The van der Waals surface area contributed by atoms with Gasteiger partial charge in [0.15, 0.2) is 0 Å². The second-order valence-corrected chi connectivity index (χ2v) is 8.47. The van der Waals surface area contributed by atoms with E-state index in [1.165, 1.54) is 6.42 Å². The Hall–Kier alpha value is -1.10. The minimum absolute atomic E-state index is 0.0231. The number of piperidine rings is 2. The van der Waals surface area contributed by atoms with Crippen LogP contribution in [0.1, 0.15) is 53.4 Å². The molecule has 2 aliphatic rings. The molecule has 0 saturated carbocycles. The minimum Gasteiger partial charge on any atom is -0.342 e. The largest absolute Gasteiger partial charge is 0.342 e. The van der Waals surface area contributed by atoms with Gasteiger partial charge < -0.3 is 15.5 Å². The number of nitrogens with zero attached hydrogens (tertiary/aromatic N) is 2. The molecule has 2 fully saturated rings. The lowest BCUT2D eigenvalue weighted by molar-refractivity contribution is -0.143. The maximum atomic E-state index is 12.7. The third kappa shape index (κ3) is 4.46. The lowest BCUT2D eigenvalue weighted by Crippen LogP contribution is -2.53. The molecule has 2 amide bonds. The highest BCUT2D eigenvalue weighted by atomic mass is 16.2. The van der Waals surface area contributed by atoms with Crippen molar-refractivity contribution in [2.24, 2.45) is 23.0 Å². The van der Waals surface area contributed by atoms with E-state index in [-0.39, 0.29) is 17.2 Å². The van der Waals surface area contributed by atoms with Crippen molar-refractivity contribution in [2.75, 3.05) is 26.2 Å². The number of likely N-dealkylation sites (tertiary alicyclic amines) is 2. The molecular formula is C18H33N3O2. The number of carbonyl (C=O) groups excluding carboxylic acids is 2. The van der Waals surface area contributed by atoms with Gasteiger partial charge in [0.2, 0.25) is 11.8 Å². The summed E-state index contributed by atoms with van der Waals surface area (Å²) in [5.74, 6) is 1.01. The van der Waals surface area contributed by atoms with Crippen molar-refractivity contribution in [1.29, 1.82) is 0 Å². The first-order valence-electron chi connectivity index (χ1n) is 9.03. The van der Waals surface area contributed by atoms with Gasteiger partial charge in [-0.05, 0) is 37.0 Å². The molecule has 0 radical (unpaired) electrons. The van der Waals surface area contributed by atoms with E-state index < -0.39 is 6.04 Å². The van der Waals surface area contributed by atoms with E-state index in [4.69, 9.17) is 5.73 Å². The van der Waals surface area contributed by atoms with E-state index in [1.807, 2.05) is 30.6 Å². The van der Waals surface area contributed by atoms with Crippen LogP contribution in [0.3, 0.4) is 0 Å². The van der Waals surface area contributed by atoms with Crippen LogP contribution in [0, 0.1) is 17.3 Å². The van der Waals surface area contributed by atoms with Crippen LogP contribution in [-0.2, 0) is 9.59 Å². The van der Waals surface area contributed by atoms with E-state index in [0.717, 1.165) is 32.4 Å². The molecule has 2 atom stereocenters. The van der Waals surface area contributed by atoms with E-state index in [0.29, 0.717) is 24.9 Å². The maximum absolute atomic E-state index is 12.7. The van der Waals surface area contributed by atoms with Crippen molar-refractivity contribution in [1.82, 2.24) is 9.80 Å². The highest BCUT2D eigenvalue weighted by Gasteiger charge is 2.35. The quantitative estimate of drug-likeness (QED) is 0.843. The average molecular weight is 323 g/mol. The molecule has 0 aromatic rings. The molecule has 23 heavy (non-hydrogen) atoms. The Morgan fingerprint density at radius 3 is 2.17 bits per heavy atom. The average Bonchev–Trinajstić information content (AvgIpc) is 2.52. The summed E-state index contributed by atoms with van der Waals surface area (Å²) in [6.07, 6.45) is 3.88. The Morgan fingerprint density at radius 2 is 1.65 bits per heavy atom. The predicted molar refractivity (Wildman–Crippen MR) is 91.7 cm³/mol. The fourth-order valence-corrected chi connectivity index (χ4v) is 3.56. The normalized spacial score (nSPS) is 25.3. The fraction of sp³-hybridized carbons (Fsp3) is 0.889. The van der Waals surface area contributed by atoms with Crippen molar-refractivity contribution in [2.45, 2.75) is 59.4 Å². The standard InChI is InChI=1S/C18H33N3O2/c1-13-6-5-9-21(12-13)16(22)14-7-10-20(11-8-14)17(23)15(19)18(2,3)4/h13-15H,5-12,19H2,1-4H3/t13?,15-/m1/s1. The maximum Gasteiger partial charge on any atom is 0.240 e. The molecule has 2 rings (SSSR count). The van der Waals surface area contributed by atoms with Gasteiger partial charge in [0.1, 0.15) is 0 Å². The number of hydrogen-bond acceptors (Lipinski definition) is 3. The van der Waals surface area contributed by atoms with Gasteiger partial charge in [0.25, 0.3) is 0 Å². The van der Waals surface area contributed by atoms with Crippen LogP contribution >= 0.6 is 0 Å². The van der Waals surface area contributed by atoms with Crippen molar-refractivity contribution in [3.8, 4) is 0 Å². The SMILES string of the molecule is CC1CCCN(C(=O)C2CCN(C(=O)[C@@H](N)C(C)(C)C)CC2)C1.